The highest BCUT2D eigenvalue weighted by Gasteiger charge is 2.06. The predicted molar refractivity (Wildman–Crippen MR) is 47.8 cm³/mol. The molecule has 0 radical (unpaired) electrons. The number of amides is 1. The maximum atomic E-state index is 11.2. The lowest BCUT2D eigenvalue weighted by atomic mass is 10.4. The van der Waals surface area contributed by atoms with Crippen LogP contribution < -0.4 is 5.73 Å². The summed E-state index contributed by atoms with van der Waals surface area (Å²) in [5.41, 5.74) is 5.30. The summed E-state index contributed by atoms with van der Waals surface area (Å²) in [7, 11) is 1.75. The van der Waals surface area contributed by atoms with Crippen molar-refractivity contribution in [1.82, 2.24) is 4.90 Å². The molecule has 0 rings (SSSR count). The molecule has 12 heavy (non-hydrogen) atoms. The lowest BCUT2D eigenvalue weighted by Crippen LogP contribution is -2.32. The summed E-state index contributed by atoms with van der Waals surface area (Å²) < 4.78 is 5.05. The topological polar surface area (TPSA) is 55.6 Å². The minimum absolute atomic E-state index is 0.0916. The van der Waals surface area contributed by atoms with Gasteiger partial charge in [-0.05, 0) is 6.92 Å². The van der Waals surface area contributed by atoms with E-state index in [1.165, 1.54) is 0 Å². The summed E-state index contributed by atoms with van der Waals surface area (Å²) in [5.74, 6) is 0.0916. The molecule has 0 heterocycles. The van der Waals surface area contributed by atoms with Crippen molar-refractivity contribution in [1.29, 1.82) is 0 Å². The van der Waals surface area contributed by atoms with E-state index in [-0.39, 0.29) is 5.91 Å². The van der Waals surface area contributed by atoms with Gasteiger partial charge in [-0.1, -0.05) is 0 Å². The molecule has 2 N–H and O–H groups in total. The Morgan fingerprint density at radius 2 is 2.25 bits per heavy atom. The number of carbonyl (C=O) groups excluding carboxylic acids is 1. The fourth-order valence-corrected chi connectivity index (χ4v) is 0.813. The number of rotatable bonds is 6. The van der Waals surface area contributed by atoms with Crippen LogP contribution in [0.4, 0.5) is 0 Å². The molecular weight excluding hydrogens is 156 g/mol. The van der Waals surface area contributed by atoms with E-state index in [4.69, 9.17) is 10.5 Å². The van der Waals surface area contributed by atoms with Gasteiger partial charge in [0.05, 0.1) is 13.0 Å². The first-order valence-corrected chi connectivity index (χ1v) is 4.24. The van der Waals surface area contributed by atoms with Gasteiger partial charge in [0, 0.05) is 26.7 Å². The average molecular weight is 174 g/mol. The summed E-state index contributed by atoms with van der Waals surface area (Å²) in [6.45, 7) is 4.20. The number of carbonyl (C=O) groups is 1. The van der Waals surface area contributed by atoms with Crippen molar-refractivity contribution in [3.63, 3.8) is 0 Å². The summed E-state index contributed by atoms with van der Waals surface area (Å²) in [5, 5.41) is 0. The SMILES string of the molecule is CCOCCC(=O)N(C)CCN. The highest BCUT2D eigenvalue weighted by Crippen LogP contribution is 1.90. The van der Waals surface area contributed by atoms with Crippen LogP contribution in [0.15, 0.2) is 0 Å². The molecule has 4 nitrogen and oxygen atoms in total. The third-order valence-corrected chi connectivity index (χ3v) is 1.55. The molecule has 0 bridgehead atoms. The molecule has 0 aliphatic rings. The van der Waals surface area contributed by atoms with Gasteiger partial charge >= 0.3 is 0 Å². The summed E-state index contributed by atoms with van der Waals surface area (Å²) in [6.07, 6.45) is 0.449. The lowest BCUT2D eigenvalue weighted by Gasteiger charge is -2.15. The van der Waals surface area contributed by atoms with Crippen LogP contribution in [-0.4, -0.2) is 44.2 Å². The van der Waals surface area contributed by atoms with Crippen LogP contribution in [0, 0.1) is 0 Å². The molecular formula is C8H18N2O2. The van der Waals surface area contributed by atoms with Crippen molar-refractivity contribution in [2.45, 2.75) is 13.3 Å². The standard InChI is InChI=1S/C8H18N2O2/c1-3-12-7-4-8(11)10(2)6-5-9/h3-7,9H2,1-2H3. The molecule has 72 valence electrons. The fourth-order valence-electron chi connectivity index (χ4n) is 0.813. The van der Waals surface area contributed by atoms with Crippen LogP contribution in [0.3, 0.4) is 0 Å². The molecule has 0 aliphatic heterocycles. The van der Waals surface area contributed by atoms with Gasteiger partial charge in [-0.25, -0.2) is 0 Å². The number of hydrogen-bond acceptors (Lipinski definition) is 3. The Morgan fingerprint density at radius 1 is 1.58 bits per heavy atom. The molecule has 0 aromatic carbocycles. The highest BCUT2D eigenvalue weighted by molar-refractivity contribution is 5.75. The first-order valence-electron chi connectivity index (χ1n) is 4.24. The Hall–Kier alpha value is -0.610. The second kappa shape index (κ2) is 7.06. The van der Waals surface area contributed by atoms with E-state index in [1.54, 1.807) is 11.9 Å². The lowest BCUT2D eigenvalue weighted by molar-refractivity contribution is -0.130. The first kappa shape index (κ1) is 11.4. The van der Waals surface area contributed by atoms with Gasteiger partial charge in [-0.15, -0.1) is 0 Å². The zero-order chi connectivity index (χ0) is 9.40. The molecule has 4 heteroatoms. The van der Waals surface area contributed by atoms with Gasteiger partial charge in [0.1, 0.15) is 0 Å². The zero-order valence-electron chi connectivity index (χ0n) is 7.88. The number of nitrogens with zero attached hydrogens (tertiary/aromatic N) is 1. The Bertz CT molecular complexity index is 128. The monoisotopic (exact) mass is 174 g/mol. The van der Waals surface area contributed by atoms with Gasteiger partial charge in [0.25, 0.3) is 0 Å². The Balaban J connectivity index is 3.43. The van der Waals surface area contributed by atoms with Gasteiger partial charge in [0.2, 0.25) is 5.91 Å². The summed E-state index contributed by atoms with van der Waals surface area (Å²) >= 11 is 0. The van der Waals surface area contributed by atoms with Crippen LogP contribution >= 0.6 is 0 Å². The Kier molecular flexibility index (Phi) is 6.70. The number of nitrogens with two attached hydrogens (primary N) is 1. The van der Waals surface area contributed by atoms with E-state index in [9.17, 15) is 4.79 Å². The minimum atomic E-state index is 0.0916. The molecule has 0 aliphatic carbocycles. The second-order valence-corrected chi connectivity index (χ2v) is 2.55. The van der Waals surface area contributed by atoms with Crippen molar-refractivity contribution < 1.29 is 9.53 Å². The van der Waals surface area contributed by atoms with E-state index >= 15 is 0 Å². The third kappa shape index (κ3) is 5.09. The van der Waals surface area contributed by atoms with Crippen molar-refractivity contribution in [3.8, 4) is 0 Å². The number of hydrogen-bond donors (Lipinski definition) is 1. The van der Waals surface area contributed by atoms with Crippen molar-refractivity contribution in [3.05, 3.63) is 0 Å². The van der Waals surface area contributed by atoms with Crippen LogP contribution in [0.5, 0.6) is 0 Å². The molecule has 0 saturated carbocycles. The Labute approximate surface area is 73.7 Å². The van der Waals surface area contributed by atoms with E-state index in [0.717, 1.165) is 0 Å². The van der Waals surface area contributed by atoms with E-state index in [2.05, 4.69) is 0 Å². The number of ether oxygens (including phenoxy) is 1. The maximum absolute atomic E-state index is 11.2. The minimum Gasteiger partial charge on any atom is -0.381 e. The van der Waals surface area contributed by atoms with E-state index in [1.807, 2.05) is 6.92 Å². The first-order chi connectivity index (χ1) is 5.72. The molecule has 0 aromatic heterocycles. The zero-order valence-corrected chi connectivity index (χ0v) is 7.88. The molecule has 0 spiro atoms. The van der Waals surface area contributed by atoms with E-state index in [0.29, 0.717) is 32.7 Å². The van der Waals surface area contributed by atoms with Crippen molar-refractivity contribution >= 4 is 5.91 Å². The molecule has 0 saturated heterocycles. The van der Waals surface area contributed by atoms with Crippen LogP contribution in [-0.2, 0) is 9.53 Å². The van der Waals surface area contributed by atoms with Gasteiger partial charge in [-0.3, -0.25) is 4.79 Å². The normalized spacial score (nSPS) is 9.92. The van der Waals surface area contributed by atoms with E-state index < -0.39 is 0 Å². The fraction of sp³-hybridized carbons (Fsp3) is 0.875. The third-order valence-electron chi connectivity index (χ3n) is 1.55. The highest BCUT2D eigenvalue weighted by atomic mass is 16.5. The Morgan fingerprint density at radius 3 is 2.75 bits per heavy atom. The molecule has 0 unspecified atom stereocenters. The van der Waals surface area contributed by atoms with Crippen LogP contribution in [0.25, 0.3) is 0 Å². The number of likely N-dealkylation sites (N-methyl/N-ethyl adjacent to an activating group) is 1. The van der Waals surface area contributed by atoms with Crippen LogP contribution in [0.2, 0.25) is 0 Å². The average Bonchev–Trinajstić information content (AvgIpc) is 2.05. The van der Waals surface area contributed by atoms with Gasteiger partial charge in [0.15, 0.2) is 0 Å². The van der Waals surface area contributed by atoms with Gasteiger partial charge in [-0.2, -0.15) is 0 Å². The maximum Gasteiger partial charge on any atom is 0.224 e. The second-order valence-electron chi connectivity index (χ2n) is 2.55. The van der Waals surface area contributed by atoms with Crippen molar-refractivity contribution in [2.24, 2.45) is 5.73 Å². The molecule has 0 fully saturated rings. The van der Waals surface area contributed by atoms with Crippen molar-refractivity contribution in [2.75, 3.05) is 33.4 Å². The summed E-state index contributed by atoms with van der Waals surface area (Å²) in [4.78, 5) is 12.8. The quantitative estimate of drug-likeness (QED) is 0.569. The largest absolute Gasteiger partial charge is 0.381 e. The molecule has 0 atom stereocenters. The van der Waals surface area contributed by atoms with Crippen LogP contribution in [0.1, 0.15) is 13.3 Å². The molecule has 0 aromatic rings. The smallest absolute Gasteiger partial charge is 0.224 e. The van der Waals surface area contributed by atoms with Gasteiger partial charge < -0.3 is 15.4 Å². The predicted octanol–water partition coefficient (Wildman–Crippen LogP) is -0.170. The molecule has 1 amide bonds. The summed E-state index contributed by atoms with van der Waals surface area (Å²) in [6, 6.07) is 0.